The summed E-state index contributed by atoms with van der Waals surface area (Å²) < 4.78 is 38.2. The van der Waals surface area contributed by atoms with Crippen LogP contribution in [0, 0.1) is 13.8 Å². The third-order valence-corrected chi connectivity index (χ3v) is 3.76. The minimum atomic E-state index is -4.34. The molecule has 0 bridgehead atoms. The van der Waals surface area contributed by atoms with Crippen molar-refractivity contribution in [2.24, 2.45) is 5.73 Å². The summed E-state index contributed by atoms with van der Waals surface area (Å²) in [6.07, 6.45) is -4.34. The topological polar surface area (TPSA) is 26.0 Å². The van der Waals surface area contributed by atoms with Gasteiger partial charge in [0.1, 0.15) is 0 Å². The summed E-state index contributed by atoms with van der Waals surface area (Å²) >= 11 is 0. The quantitative estimate of drug-likeness (QED) is 0.864. The molecule has 21 heavy (non-hydrogen) atoms. The first-order valence-electron chi connectivity index (χ1n) is 6.67. The Morgan fingerprint density at radius 3 is 1.86 bits per heavy atom. The van der Waals surface area contributed by atoms with Crippen molar-refractivity contribution in [1.82, 2.24) is 0 Å². The summed E-state index contributed by atoms with van der Waals surface area (Å²) in [6.45, 7) is 5.44. The fraction of sp³-hybridized carbons (Fsp3) is 0.294. The van der Waals surface area contributed by atoms with E-state index in [1.807, 2.05) is 38.1 Å². The maximum absolute atomic E-state index is 12.7. The normalized spacial score (nSPS) is 14.8. The van der Waals surface area contributed by atoms with Crippen LogP contribution in [0.25, 0.3) is 0 Å². The molecular weight excluding hydrogens is 275 g/mol. The fourth-order valence-electron chi connectivity index (χ4n) is 2.48. The molecule has 0 saturated heterocycles. The fourth-order valence-corrected chi connectivity index (χ4v) is 2.48. The van der Waals surface area contributed by atoms with Gasteiger partial charge in [-0.05, 0) is 49.6 Å². The number of benzene rings is 2. The van der Waals surface area contributed by atoms with Gasteiger partial charge in [0, 0.05) is 0 Å². The molecule has 1 unspecified atom stereocenters. The first-order valence-corrected chi connectivity index (χ1v) is 6.67. The molecule has 112 valence electrons. The molecule has 0 aromatic heterocycles. The molecule has 4 heteroatoms. The lowest BCUT2D eigenvalue weighted by Crippen LogP contribution is -2.35. The summed E-state index contributed by atoms with van der Waals surface area (Å²) in [5.41, 5.74) is 8.12. The first-order chi connectivity index (χ1) is 9.62. The molecule has 2 N–H and O–H groups in total. The van der Waals surface area contributed by atoms with Crippen LogP contribution in [-0.4, -0.2) is 0 Å². The van der Waals surface area contributed by atoms with Gasteiger partial charge in [0.15, 0.2) is 0 Å². The van der Waals surface area contributed by atoms with Crippen molar-refractivity contribution in [3.05, 3.63) is 70.3 Å². The molecule has 0 fully saturated rings. The van der Waals surface area contributed by atoms with Gasteiger partial charge in [-0.2, -0.15) is 13.2 Å². The second-order valence-electron chi connectivity index (χ2n) is 5.60. The van der Waals surface area contributed by atoms with Crippen molar-refractivity contribution in [3.8, 4) is 0 Å². The lowest BCUT2D eigenvalue weighted by atomic mass is 9.82. The summed E-state index contributed by atoms with van der Waals surface area (Å²) in [7, 11) is 0. The van der Waals surface area contributed by atoms with Crippen LogP contribution in [0.15, 0.2) is 42.5 Å². The molecule has 2 rings (SSSR count). The van der Waals surface area contributed by atoms with Crippen LogP contribution in [0.3, 0.4) is 0 Å². The van der Waals surface area contributed by atoms with E-state index < -0.39 is 17.3 Å². The van der Waals surface area contributed by atoms with Gasteiger partial charge in [0.2, 0.25) is 0 Å². The smallest absolute Gasteiger partial charge is 0.318 e. The van der Waals surface area contributed by atoms with E-state index in [-0.39, 0.29) is 0 Å². The van der Waals surface area contributed by atoms with Gasteiger partial charge in [-0.1, -0.05) is 35.9 Å². The van der Waals surface area contributed by atoms with E-state index in [9.17, 15) is 13.2 Å². The minimum absolute atomic E-state index is 0.537. The Bertz CT molecular complexity index is 640. The third kappa shape index (κ3) is 3.10. The molecule has 0 amide bonds. The van der Waals surface area contributed by atoms with Gasteiger partial charge < -0.3 is 5.73 Å². The second kappa shape index (κ2) is 5.19. The largest absolute Gasteiger partial charge is 0.416 e. The van der Waals surface area contributed by atoms with Gasteiger partial charge in [-0.3, -0.25) is 0 Å². The molecule has 0 aliphatic carbocycles. The van der Waals surface area contributed by atoms with Gasteiger partial charge in [-0.25, -0.2) is 0 Å². The Morgan fingerprint density at radius 2 is 1.38 bits per heavy atom. The molecule has 0 heterocycles. The van der Waals surface area contributed by atoms with Gasteiger partial charge in [0.05, 0.1) is 11.1 Å². The summed E-state index contributed by atoms with van der Waals surface area (Å²) in [5, 5.41) is 0. The summed E-state index contributed by atoms with van der Waals surface area (Å²) in [5.74, 6) is 0. The highest BCUT2D eigenvalue weighted by atomic mass is 19.4. The zero-order valence-electron chi connectivity index (χ0n) is 12.3. The summed E-state index contributed by atoms with van der Waals surface area (Å²) in [4.78, 5) is 0. The number of aryl methyl sites for hydroxylation is 2. The lowest BCUT2D eigenvalue weighted by molar-refractivity contribution is -0.137. The highest BCUT2D eigenvalue weighted by Crippen LogP contribution is 2.34. The predicted octanol–water partition coefficient (Wildman–Crippen LogP) is 4.54. The van der Waals surface area contributed by atoms with Crippen molar-refractivity contribution in [3.63, 3.8) is 0 Å². The molecule has 0 aliphatic heterocycles. The second-order valence-corrected chi connectivity index (χ2v) is 5.60. The van der Waals surface area contributed by atoms with E-state index in [0.717, 1.165) is 23.3 Å². The van der Waals surface area contributed by atoms with Crippen molar-refractivity contribution < 1.29 is 13.2 Å². The maximum atomic E-state index is 12.7. The van der Waals surface area contributed by atoms with E-state index in [4.69, 9.17) is 5.73 Å². The van der Waals surface area contributed by atoms with Crippen LogP contribution in [0.4, 0.5) is 13.2 Å². The Hall–Kier alpha value is -1.81. The highest BCUT2D eigenvalue weighted by Gasteiger charge is 2.32. The predicted molar refractivity (Wildman–Crippen MR) is 78.0 cm³/mol. The van der Waals surface area contributed by atoms with E-state index in [1.165, 1.54) is 6.07 Å². The van der Waals surface area contributed by atoms with Crippen LogP contribution in [0.1, 0.15) is 34.7 Å². The number of nitrogens with two attached hydrogens (primary N) is 1. The van der Waals surface area contributed by atoms with Crippen molar-refractivity contribution in [2.45, 2.75) is 32.5 Å². The standard InChI is InChI=1S/C17H18F3N/c1-11-4-6-13(7-5-11)16(3,21)15-9-8-14(10-12(15)2)17(18,19)20/h4-10H,21H2,1-3H3. The Morgan fingerprint density at radius 1 is 0.857 bits per heavy atom. The van der Waals surface area contributed by atoms with E-state index in [2.05, 4.69) is 0 Å². The van der Waals surface area contributed by atoms with Crippen LogP contribution in [0.5, 0.6) is 0 Å². The summed E-state index contributed by atoms with van der Waals surface area (Å²) in [6, 6.07) is 11.4. The molecule has 2 aromatic carbocycles. The van der Waals surface area contributed by atoms with Gasteiger partial charge in [0.25, 0.3) is 0 Å². The molecule has 0 spiro atoms. The van der Waals surface area contributed by atoms with Crippen molar-refractivity contribution in [1.29, 1.82) is 0 Å². The van der Waals surface area contributed by atoms with Crippen molar-refractivity contribution in [2.75, 3.05) is 0 Å². The zero-order valence-corrected chi connectivity index (χ0v) is 12.3. The van der Waals surface area contributed by atoms with E-state index >= 15 is 0 Å². The molecule has 1 nitrogen and oxygen atoms in total. The van der Waals surface area contributed by atoms with Crippen LogP contribution in [0.2, 0.25) is 0 Å². The average molecular weight is 293 g/mol. The molecular formula is C17H18F3N. The van der Waals surface area contributed by atoms with Crippen molar-refractivity contribution >= 4 is 0 Å². The molecule has 1 atom stereocenters. The van der Waals surface area contributed by atoms with Gasteiger partial charge in [-0.15, -0.1) is 0 Å². The SMILES string of the molecule is Cc1ccc(C(C)(N)c2ccc(C(F)(F)F)cc2C)cc1. The molecule has 2 aromatic rings. The molecule has 0 radical (unpaired) electrons. The first kappa shape index (κ1) is 15.6. The number of rotatable bonds is 2. The highest BCUT2D eigenvalue weighted by molar-refractivity contribution is 5.44. The zero-order chi connectivity index (χ0) is 15.8. The van der Waals surface area contributed by atoms with E-state index in [0.29, 0.717) is 11.1 Å². The van der Waals surface area contributed by atoms with Crippen LogP contribution >= 0.6 is 0 Å². The number of halogens is 3. The van der Waals surface area contributed by atoms with E-state index in [1.54, 1.807) is 6.92 Å². The monoisotopic (exact) mass is 293 g/mol. The van der Waals surface area contributed by atoms with Crippen LogP contribution < -0.4 is 5.73 Å². The Kier molecular flexibility index (Phi) is 3.85. The number of hydrogen-bond donors (Lipinski definition) is 1. The molecule has 0 saturated carbocycles. The Labute approximate surface area is 122 Å². The minimum Gasteiger partial charge on any atom is -0.318 e. The Balaban J connectivity index is 2.47. The van der Waals surface area contributed by atoms with Gasteiger partial charge >= 0.3 is 6.18 Å². The number of hydrogen-bond acceptors (Lipinski definition) is 1. The third-order valence-electron chi connectivity index (χ3n) is 3.76. The maximum Gasteiger partial charge on any atom is 0.416 e. The number of alkyl halides is 3. The average Bonchev–Trinajstić information content (AvgIpc) is 2.37. The van der Waals surface area contributed by atoms with Crippen LogP contribution in [-0.2, 0) is 11.7 Å². The molecule has 0 aliphatic rings. The lowest BCUT2D eigenvalue weighted by Gasteiger charge is -2.28.